The molecule has 0 aliphatic rings. The van der Waals surface area contributed by atoms with Gasteiger partial charge in [-0.25, -0.2) is 0 Å². The third kappa shape index (κ3) is 5.42. The Morgan fingerprint density at radius 1 is 1.05 bits per heavy atom. The van der Waals surface area contributed by atoms with Crippen LogP contribution in [0.3, 0.4) is 0 Å². The highest BCUT2D eigenvalue weighted by atomic mass is 28.2. The second-order valence-corrected chi connectivity index (χ2v) is 7.30. The average Bonchev–Trinajstić information content (AvgIpc) is 2.54. The zero-order chi connectivity index (χ0) is 15.7. The van der Waals surface area contributed by atoms with Gasteiger partial charge in [-0.2, -0.15) is 0 Å². The molecule has 0 atom stereocenters. The minimum Gasteiger partial charge on any atom is -0.289 e. The van der Waals surface area contributed by atoms with Crippen LogP contribution in [0.4, 0.5) is 0 Å². The molecule has 1 rings (SSSR count). The van der Waals surface area contributed by atoms with Crippen molar-refractivity contribution in [1.82, 2.24) is 9.80 Å². The fourth-order valence-electron chi connectivity index (χ4n) is 3.06. The van der Waals surface area contributed by atoms with Gasteiger partial charge in [-0.05, 0) is 37.8 Å². The fourth-order valence-corrected chi connectivity index (χ4v) is 5.06. The van der Waals surface area contributed by atoms with E-state index in [-0.39, 0.29) is 9.52 Å². The molecule has 3 heteroatoms. The molecular formula is C18H32N2Si. The Balaban J connectivity index is 2.77. The van der Waals surface area contributed by atoms with E-state index < -0.39 is 0 Å². The first-order valence-corrected chi connectivity index (χ1v) is 10.1. The molecule has 2 nitrogen and oxygen atoms in total. The van der Waals surface area contributed by atoms with Gasteiger partial charge in [0.15, 0.2) is 0 Å². The summed E-state index contributed by atoms with van der Waals surface area (Å²) in [5.41, 5.74) is 1.25. The summed E-state index contributed by atoms with van der Waals surface area (Å²) in [5, 5.41) is 1.55. The highest BCUT2D eigenvalue weighted by Gasteiger charge is 2.20. The largest absolute Gasteiger partial charge is 0.289 e. The smallest absolute Gasteiger partial charge is 0.0595 e. The first-order chi connectivity index (χ1) is 10.2. The number of hydrogen-bond donors (Lipinski definition) is 0. The van der Waals surface area contributed by atoms with Crippen LogP contribution in [0.5, 0.6) is 0 Å². The highest BCUT2D eigenvalue weighted by Crippen LogP contribution is 2.11. The van der Waals surface area contributed by atoms with Gasteiger partial charge in [-0.1, -0.05) is 69.8 Å². The van der Waals surface area contributed by atoms with Gasteiger partial charge in [0.2, 0.25) is 0 Å². The predicted molar refractivity (Wildman–Crippen MR) is 99.1 cm³/mol. The first-order valence-electron chi connectivity index (χ1n) is 8.39. The summed E-state index contributed by atoms with van der Waals surface area (Å²) < 4.78 is 0. The van der Waals surface area contributed by atoms with Gasteiger partial charge in [-0.15, -0.1) is 0 Å². The molecule has 118 valence electrons. The lowest BCUT2D eigenvalue weighted by atomic mass is 10.2. The standard InChI is InChI=1S/C18H32N2Si/c1-6-16-12-11-13-17(14-16)21-15-18(19(7-2)8-3)20(9-4)10-5/h6,11-14,18H,1,7-10,15,21H2,2-5H3. The summed E-state index contributed by atoms with van der Waals surface area (Å²) in [6.07, 6.45) is 2.55. The molecule has 0 unspecified atom stereocenters. The van der Waals surface area contributed by atoms with Crippen molar-refractivity contribution in [3.8, 4) is 0 Å². The molecule has 0 amide bonds. The van der Waals surface area contributed by atoms with Crippen molar-refractivity contribution in [2.75, 3.05) is 26.2 Å². The van der Waals surface area contributed by atoms with E-state index in [1.807, 2.05) is 6.08 Å². The summed E-state index contributed by atoms with van der Waals surface area (Å²) >= 11 is 0. The Bertz CT molecular complexity index is 399. The summed E-state index contributed by atoms with van der Waals surface area (Å²) in [5.74, 6) is 0. The molecular weight excluding hydrogens is 272 g/mol. The molecule has 0 fully saturated rings. The third-order valence-electron chi connectivity index (χ3n) is 4.35. The Labute approximate surface area is 133 Å². The van der Waals surface area contributed by atoms with E-state index in [1.165, 1.54) is 11.6 Å². The quantitative estimate of drug-likeness (QED) is 0.484. The van der Waals surface area contributed by atoms with E-state index in [9.17, 15) is 0 Å². The maximum Gasteiger partial charge on any atom is 0.0595 e. The van der Waals surface area contributed by atoms with Crippen molar-refractivity contribution in [2.45, 2.75) is 39.9 Å². The maximum absolute atomic E-state index is 3.88. The molecule has 0 bridgehead atoms. The van der Waals surface area contributed by atoms with E-state index in [2.05, 4.69) is 68.3 Å². The monoisotopic (exact) mass is 304 g/mol. The van der Waals surface area contributed by atoms with Crippen LogP contribution in [0.15, 0.2) is 30.8 Å². The van der Waals surface area contributed by atoms with E-state index in [4.69, 9.17) is 0 Å². The van der Waals surface area contributed by atoms with Crippen molar-refractivity contribution in [3.63, 3.8) is 0 Å². The van der Waals surface area contributed by atoms with E-state index >= 15 is 0 Å². The van der Waals surface area contributed by atoms with Gasteiger partial charge in [0.05, 0.1) is 15.7 Å². The Morgan fingerprint density at radius 2 is 1.62 bits per heavy atom. The second kappa shape index (κ2) is 9.93. The molecule has 0 spiro atoms. The normalized spacial score (nSPS) is 12.1. The van der Waals surface area contributed by atoms with Crippen LogP contribution in [0.2, 0.25) is 6.04 Å². The summed E-state index contributed by atoms with van der Waals surface area (Å²) in [4.78, 5) is 5.22. The van der Waals surface area contributed by atoms with Gasteiger partial charge in [0.1, 0.15) is 0 Å². The fraction of sp³-hybridized carbons (Fsp3) is 0.556. The second-order valence-electron chi connectivity index (χ2n) is 5.41. The van der Waals surface area contributed by atoms with Crippen LogP contribution >= 0.6 is 0 Å². The molecule has 1 aromatic rings. The van der Waals surface area contributed by atoms with E-state index in [0.29, 0.717) is 6.17 Å². The lowest BCUT2D eigenvalue weighted by Crippen LogP contribution is -2.49. The number of nitrogens with zero attached hydrogens (tertiary/aromatic N) is 2. The minimum absolute atomic E-state index is 0.244. The third-order valence-corrected chi connectivity index (χ3v) is 6.17. The molecule has 0 saturated carbocycles. The van der Waals surface area contributed by atoms with E-state index in [1.54, 1.807) is 5.19 Å². The predicted octanol–water partition coefficient (Wildman–Crippen LogP) is 2.55. The van der Waals surface area contributed by atoms with Crippen molar-refractivity contribution in [3.05, 3.63) is 36.4 Å². The number of hydrogen-bond acceptors (Lipinski definition) is 2. The molecule has 0 radical (unpaired) electrons. The van der Waals surface area contributed by atoms with Crippen molar-refractivity contribution < 1.29 is 0 Å². The van der Waals surface area contributed by atoms with Crippen molar-refractivity contribution >= 4 is 20.8 Å². The SMILES string of the molecule is C=Cc1cccc([SiH2]CC(N(CC)CC)N(CC)CC)c1. The maximum atomic E-state index is 3.88. The Morgan fingerprint density at radius 3 is 2.10 bits per heavy atom. The Kier molecular flexibility index (Phi) is 8.58. The lowest BCUT2D eigenvalue weighted by Gasteiger charge is -2.38. The number of benzene rings is 1. The topological polar surface area (TPSA) is 6.48 Å². The van der Waals surface area contributed by atoms with Gasteiger partial charge in [-0.3, -0.25) is 9.80 Å². The van der Waals surface area contributed by atoms with Gasteiger partial charge in [0.25, 0.3) is 0 Å². The Hall–Kier alpha value is -0.903. The molecule has 0 aliphatic heterocycles. The molecule has 21 heavy (non-hydrogen) atoms. The molecule has 0 saturated heterocycles. The van der Waals surface area contributed by atoms with Crippen molar-refractivity contribution in [2.24, 2.45) is 0 Å². The molecule has 0 heterocycles. The molecule has 1 aromatic carbocycles. The van der Waals surface area contributed by atoms with Crippen LogP contribution in [0.25, 0.3) is 6.08 Å². The van der Waals surface area contributed by atoms with E-state index in [0.717, 1.165) is 26.2 Å². The summed E-state index contributed by atoms with van der Waals surface area (Å²) in [6, 6.07) is 10.2. The zero-order valence-electron chi connectivity index (χ0n) is 14.3. The van der Waals surface area contributed by atoms with Crippen LogP contribution in [0.1, 0.15) is 33.3 Å². The molecule has 0 aromatic heterocycles. The minimum atomic E-state index is -0.244. The number of rotatable bonds is 10. The van der Waals surface area contributed by atoms with Crippen LogP contribution < -0.4 is 5.19 Å². The lowest BCUT2D eigenvalue weighted by molar-refractivity contribution is 0.0713. The zero-order valence-corrected chi connectivity index (χ0v) is 15.7. The van der Waals surface area contributed by atoms with Crippen LogP contribution in [0, 0.1) is 0 Å². The average molecular weight is 305 g/mol. The van der Waals surface area contributed by atoms with Crippen LogP contribution in [-0.2, 0) is 0 Å². The first kappa shape index (κ1) is 18.1. The van der Waals surface area contributed by atoms with Gasteiger partial charge >= 0.3 is 0 Å². The highest BCUT2D eigenvalue weighted by molar-refractivity contribution is 6.53. The van der Waals surface area contributed by atoms with Gasteiger partial charge in [0, 0.05) is 0 Å². The molecule has 0 N–H and O–H groups in total. The summed E-state index contributed by atoms with van der Waals surface area (Å²) in [7, 11) is -0.244. The van der Waals surface area contributed by atoms with Gasteiger partial charge < -0.3 is 0 Å². The summed E-state index contributed by atoms with van der Waals surface area (Å²) in [6.45, 7) is 17.5. The van der Waals surface area contributed by atoms with Crippen molar-refractivity contribution in [1.29, 1.82) is 0 Å². The van der Waals surface area contributed by atoms with Crippen LogP contribution in [-0.4, -0.2) is 51.7 Å². The molecule has 0 aliphatic carbocycles.